The van der Waals surface area contributed by atoms with Crippen molar-refractivity contribution in [2.45, 2.75) is 19.4 Å². The van der Waals surface area contributed by atoms with Crippen LogP contribution in [0.4, 0.5) is 5.69 Å². The first-order valence-electron chi connectivity index (χ1n) is 7.95. The van der Waals surface area contributed by atoms with Crippen LogP contribution in [0.2, 0.25) is 0 Å². The Kier molecular flexibility index (Phi) is 4.79. The number of hydrogen-bond donors (Lipinski definition) is 1. The molecule has 0 spiro atoms. The smallest absolute Gasteiger partial charge is 0.251 e. The summed E-state index contributed by atoms with van der Waals surface area (Å²) in [6.45, 7) is 0.370. The molecule has 1 aliphatic rings. The first-order valence-corrected chi connectivity index (χ1v) is 7.95. The molecule has 0 radical (unpaired) electrons. The van der Waals surface area contributed by atoms with Gasteiger partial charge in [0.05, 0.1) is 12.8 Å². The molecule has 0 aromatic heterocycles. The summed E-state index contributed by atoms with van der Waals surface area (Å²) in [6.07, 6.45) is 0.430. The van der Waals surface area contributed by atoms with Crippen LogP contribution in [0.15, 0.2) is 48.5 Å². The molecule has 1 N–H and O–H groups in total. The molecule has 1 fully saturated rings. The number of imide groups is 1. The second-order valence-corrected chi connectivity index (χ2v) is 5.70. The lowest BCUT2D eigenvalue weighted by molar-refractivity contribution is -0.121. The average molecular weight is 338 g/mol. The van der Waals surface area contributed by atoms with E-state index < -0.39 is 0 Å². The van der Waals surface area contributed by atoms with Crippen LogP contribution in [0.3, 0.4) is 0 Å². The maximum absolute atomic E-state index is 12.3. The summed E-state index contributed by atoms with van der Waals surface area (Å²) < 4.78 is 5.10. The lowest BCUT2D eigenvalue weighted by Crippen LogP contribution is -2.29. The Bertz CT molecular complexity index is 798. The number of nitrogens with zero attached hydrogens (tertiary/aromatic N) is 1. The van der Waals surface area contributed by atoms with E-state index in [1.165, 1.54) is 0 Å². The van der Waals surface area contributed by atoms with Crippen molar-refractivity contribution >= 4 is 23.4 Å². The Morgan fingerprint density at radius 1 is 1.08 bits per heavy atom. The molecule has 1 heterocycles. The normalized spacial score (nSPS) is 13.9. The first-order chi connectivity index (χ1) is 12.1. The molecule has 6 nitrogen and oxygen atoms in total. The van der Waals surface area contributed by atoms with Crippen molar-refractivity contribution in [2.75, 3.05) is 12.0 Å². The van der Waals surface area contributed by atoms with Crippen LogP contribution >= 0.6 is 0 Å². The van der Waals surface area contributed by atoms with Crippen molar-refractivity contribution in [1.29, 1.82) is 0 Å². The van der Waals surface area contributed by atoms with Gasteiger partial charge < -0.3 is 10.1 Å². The van der Waals surface area contributed by atoms with Gasteiger partial charge in [0.2, 0.25) is 11.8 Å². The topological polar surface area (TPSA) is 75.7 Å². The number of rotatable bonds is 5. The molecule has 3 rings (SSSR count). The quantitative estimate of drug-likeness (QED) is 0.849. The SMILES string of the molecule is COc1ccc(CNC(=O)c2cccc(N3C(=O)CCC3=O)c2)cc1. The Morgan fingerprint density at radius 3 is 2.40 bits per heavy atom. The molecule has 0 saturated carbocycles. The van der Waals surface area contributed by atoms with Gasteiger partial charge in [0, 0.05) is 24.9 Å². The van der Waals surface area contributed by atoms with Gasteiger partial charge in [-0.05, 0) is 35.9 Å². The van der Waals surface area contributed by atoms with Crippen LogP contribution in [0.5, 0.6) is 5.75 Å². The van der Waals surface area contributed by atoms with Gasteiger partial charge in [0.25, 0.3) is 5.91 Å². The van der Waals surface area contributed by atoms with Gasteiger partial charge in [-0.3, -0.25) is 19.3 Å². The van der Waals surface area contributed by atoms with Gasteiger partial charge in [0.1, 0.15) is 5.75 Å². The van der Waals surface area contributed by atoms with Crippen molar-refractivity contribution < 1.29 is 19.1 Å². The molecule has 2 aromatic rings. The van der Waals surface area contributed by atoms with Gasteiger partial charge in [-0.2, -0.15) is 0 Å². The monoisotopic (exact) mass is 338 g/mol. The lowest BCUT2D eigenvalue weighted by Gasteiger charge is -2.15. The zero-order chi connectivity index (χ0) is 17.8. The van der Waals surface area contributed by atoms with Gasteiger partial charge in [-0.25, -0.2) is 0 Å². The van der Waals surface area contributed by atoms with Crippen molar-refractivity contribution in [3.8, 4) is 5.75 Å². The Hall–Kier alpha value is -3.15. The zero-order valence-electron chi connectivity index (χ0n) is 13.8. The molecule has 0 atom stereocenters. The standard InChI is InChI=1S/C19H18N2O4/c1-25-16-7-5-13(6-8-16)12-20-19(24)14-3-2-4-15(11-14)21-17(22)9-10-18(21)23/h2-8,11H,9-10,12H2,1H3,(H,20,24). The van der Waals surface area contributed by atoms with Crippen molar-refractivity contribution in [3.05, 3.63) is 59.7 Å². The fourth-order valence-corrected chi connectivity index (χ4v) is 2.68. The van der Waals surface area contributed by atoms with Crippen LogP contribution in [0.25, 0.3) is 0 Å². The summed E-state index contributed by atoms with van der Waals surface area (Å²) in [5, 5.41) is 2.82. The van der Waals surface area contributed by atoms with E-state index in [2.05, 4.69) is 5.32 Å². The minimum absolute atomic E-state index is 0.215. The van der Waals surface area contributed by atoms with Crippen LogP contribution in [-0.4, -0.2) is 24.8 Å². The minimum atomic E-state index is -0.267. The third kappa shape index (κ3) is 3.68. The number of nitrogens with one attached hydrogen (secondary N) is 1. The molecule has 2 aromatic carbocycles. The molecule has 128 valence electrons. The van der Waals surface area contributed by atoms with Gasteiger partial charge in [-0.15, -0.1) is 0 Å². The van der Waals surface area contributed by atoms with Crippen LogP contribution in [0, 0.1) is 0 Å². The van der Waals surface area contributed by atoms with Crippen LogP contribution < -0.4 is 15.0 Å². The second-order valence-electron chi connectivity index (χ2n) is 5.70. The number of hydrogen-bond acceptors (Lipinski definition) is 4. The summed E-state index contributed by atoms with van der Waals surface area (Å²) >= 11 is 0. The minimum Gasteiger partial charge on any atom is -0.497 e. The molecule has 6 heteroatoms. The summed E-state index contributed by atoms with van der Waals surface area (Å²) in [5.74, 6) is 0.0149. The molecule has 1 saturated heterocycles. The Morgan fingerprint density at radius 2 is 1.76 bits per heavy atom. The van der Waals surface area contributed by atoms with E-state index in [1.807, 2.05) is 24.3 Å². The summed E-state index contributed by atoms with van der Waals surface area (Å²) in [4.78, 5) is 37.1. The number of ether oxygens (including phenoxy) is 1. The fraction of sp³-hybridized carbons (Fsp3) is 0.211. The van der Waals surface area contributed by atoms with Crippen LogP contribution in [0.1, 0.15) is 28.8 Å². The highest BCUT2D eigenvalue weighted by Crippen LogP contribution is 2.23. The first kappa shape index (κ1) is 16.7. The molecule has 0 unspecified atom stereocenters. The van der Waals surface area contributed by atoms with Crippen molar-refractivity contribution in [1.82, 2.24) is 5.32 Å². The number of carbonyl (C=O) groups is 3. The van der Waals surface area contributed by atoms with E-state index >= 15 is 0 Å². The third-order valence-corrected chi connectivity index (χ3v) is 4.03. The molecule has 0 aliphatic carbocycles. The molecule has 0 bridgehead atoms. The molecule has 3 amide bonds. The highest BCUT2D eigenvalue weighted by Gasteiger charge is 2.30. The lowest BCUT2D eigenvalue weighted by atomic mass is 10.1. The molecule has 25 heavy (non-hydrogen) atoms. The average Bonchev–Trinajstić information content (AvgIpc) is 2.98. The number of amides is 3. The number of benzene rings is 2. The Balaban J connectivity index is 1.68. The van der Waals surface area contributed by atoms with E-state index in [9.17, 15) is 14.4 Å². The maximum atomic E-state index is 12.3. The second kappa shape index (κ2) is 7.17. The largest absolute Gasteiger partial charge is 0.497 e. The van der Waals surface area contributed by atoms with E-state index in [1.54, 1.807) is 31.4 Å². The summed E-state index contributed by atoms with van der Waals surface area (Å²) in [5.41, 5.74) is 1.78. The number of carbonyl (C=O) groups excluding carboxylic acids is 3. The predicted molar refractivity (Wildman–Crippen MR) is 92.3 cm³/mol. The molecular weight excluding hydrogens is 320 g/mol. The Labute approximate surface area is 145 Å². The number of anilines is 1. The van der Waals surface area contributed by atoms with Gasteiger partial charge >= 0.3 is 0 Å². The summed E-state index contributed by atoms with van der Waals surface area (Å²) in [7, 11) is 1.60. The van der Waals surface area contributed by atoms with Gasteiger partial charge in [-0.1, -0.05) is 18.2 Å². The highest BCUT2D eigenvalue weighted by atomic mass is 16.5. The fourth-order valence-electron chi connectivity index (χ4n) is 2.68. The summed E-state index contributed by atoms with van der Waals surface area (Å²) in [6, 6.07) is 13.9. The zero-order valence-corrected chi connectivity index (χ0v) is 13.8. The molecular formula is C19H18N2O4. The van der Waals surface area contributed by atoms with Gasteiger partial charge in [0.15, 0.2) is 0 Å². The van der Waals surface area contributed by atoms with Crippen molar-refractivity contribution in [2.24, 2.45) is 0 Å². The maximum Gasteiger partial charge on any atom is 0.251 e. The molecule has 1 aliphatic heterocycles. The van der Waals surface area contributed by atoms with E-state index in [0.717, 1.165) is 16.2 Å². The van der Waals surface area contributed by atoms with E-state index in [4.69, 9.17) is 4.74 Å². The van der Waals surface area contributed by atoms with E-state index in [-0.39, 0.29) is 30.6 Å². The predicted octanol–water partition coefficient (Wildman–Crippen LogP) is 2.28. The van der Waals surface area contributed by atoms with E-state index in [0.29, 0.717) is 17.8 Å². The van der Waals surface area contributed by atoms with Crippen LogP contribution in [-0.2, 0) is 16.1 Å². The third-order valence-electron chi connectivity index (χ3n) is 4.03. The number of methoxy groups -OCH3 is 1. The highest BCUT2D eigenvalue weighted by molar-refractivity contribution is 6.20. The van der Waals surface area contributed by atoms with Crippen molar-refractivity contribution in [3.63, 3.8) is 0 Å².